The number of likely N-dealkylation sites (tertiary alicyclic amines) is 1. The maximum atomic E-state index is 12.2. The molecule has 3 fully saturated rings. The van der Waals surface area contributed by atoms with E-state index in [0.29, 0.717) is 11.3 Å². The number of hydrogen-bond acceptors (Lipinski definition) is 3. The summed E-state index contributed by atoms with van der Waals surface area (Å²) in [7, 11) is 1.51. The monoisotopic (exact) mass is 397 g/mol. The van der Waals surface area contributed by atoms with E-state index < -0.39 is 0 Å². The average molecular weight is 398 g/mol. The number of ether oxygens (including phenoxy) is 1. The summed E-state index contributed by atoms with van der Waals surface area (Å²) in [4.78, 5) is 18.5. The van der Waals surface area contributed by atoms with E-state index in [1.54, 1.807) is 0 Å². The van der Waals surface area contributed by atoms with E-state index in [9.17, 15) is 4.79 Å². The molecule has 0 aromatic carbocycles. The quantitative estimate of drug-likeness (QED) is 0.666. The highest BCUT2D eigenvalue weighted by Crippen LogP contribution is 2.65. The molecule has 2 saturated carbocycles. The lowest BCUT2D eigenvalue weighted by atomic mass is 9.47. The van der Waals surface area contributed by atoms with Gasteiger partial charge in [0, 0.05) is 36.6 Å². The molecule has 1 aromatic heterocycles. The van der Waals surface area contributed by atoms with E-state index in [-0.39, 0.29) is 11.5 Å². The summed E-state index contributed by atoms with van der Waals surface area (Å²) in [6.45, 7) is 6.79. The summed E-state index contributed by atoms with van der Waals surface area (Å²) in [5, 5.41) is 0. The van der Waals surface area contributed by atoms with Gasteiger partial charge in [-0.1, -0.05) is 19.9 Å². The van der Waals surface area contributed by atoms with E-state index in [0.717, 1.165) is 37.3 Å². The van der Waals surface area contributed by atoms with Crippen LogP contribution in [0.5, 0.6) is 0 Å². The number of nitrogens with zero attached hydrogens (tertiary/aromatic N) is 3. The van der Waals surface area contributed by atoms with Crippen LogP contribution in [0.2, 0.25) is 0 Å². The Hall–Kier alpha value is -1.78. The number of carbonyl (C=O) groups excluding carboxylic acids is 1. The second-order valence-corrected chi connectivity index (χ2v) is 10.4. The molecule has 5 heteroatoms. The van der Waals surface area contributed by atoms with Crippen LogP contribution in [0.15, 0.2) is 24.8 Å². The van der Waals surface area contributed by atoms with Crippen molar-refractivity contribution < 1.29 is 9.53 Å². The molecule has 1 aromatic rings. The Morgan fingerprint density at radius 1 is 1.21 bits per heavy atom. The van der Waals surface area contributed by atoms with Crippen LogP contribution in [0.1, 0.15) is 58.8 Å². The molecule has 0 bridgehead atoms. The topological polar surface area (TPSA) is 47.4 Å². The fourth-order valence-electron chi connectivity index (χ4n) is 7.87. The van der Waals surface area contributed by atoms with Crippen LogP contribution in [-0.2, 0) is 4.74 Å². The van der Waals surface area contributed by atoms with Gasteiger partial charge in [-0.05, 0) is 74.0 Å². The second kappa shape index (κ2) is 6.88. The van der Waals surface area contributed by atoms with Crippen molar-refractivity contribution in [3.8, 4) is 0 Å². The van der Waals surface area contributed by atoms with Gasteiger partial charge in [-0.3, -0.25) is 0 Å². The van der Waals surface area contributed by atoms with E-state index >= 15 is 0 Å². The standard InChI is InChI=1S/C24H35N3O2/c1-23-10-4-13-26(22(28)29-3)15-17(23)5-6-18-19-7-8-21(27-14-12-25-16-27)24(19,2)11-9-20(18)23/h8,12,14,16-20H,4-7,9-11,13,15H2,1-3H3/t17-,18-,19-,20-,23-,24-/m0/s1. The number of fused-ring (bicyclic) bond motifs is 5. The maximum Gasteiger partial charge on any atom is 0.409 e. The third-order valence-electron chi connectivity index (χ3n) is 9.40. The lowest BCUT2D eigenvalue weighted by molar-refractivity contribution is -0.0815. The first-order valence-electron chi connectivity index (χ1n) is 11.5. The van der Waals surface area contributed by atoms with Crippen LogP contribution in [0, 0.1) is 34.5 Å². The lowest BCUT2D eigenvalue weighted by Crippen LogP contribution is -2.52. The van der Waals surface area contributed by atoms with Crippen LogP contribution in [0.4, 0.5) is 4.79 Å². The smallest absolute Gasteiger partial charge is 0.409 e. The fourth-order valence-corrected chi connectivity index (χ4v) is 7.87. The van der Waals surface area contributed by atoms with E-state index in [1.165, 1.54) is 51.3 Å². The Labute approximate surface area is 174 Å². The Balaban J connectivity index is 1.40. The van der Waals surface area contributed by atoms with Gasteiger partial charge in [0.2, 0.25) is 0 Å². The zero-order valence-electron chi connectivity index (χ0n) is 18.1. The molecule has 6 atom stereocenters. The molecule has 3 aliphatic carbocycles. The lowest BCUT2D eigenvalue weighted by Gasteiger charge is -2.58. The first-order chi connectivity index (χ1) is 14.0. The SMILES string of the molecule is COC(=O)N1CCC[C@@]2(C)[C@@H](CC[C@@H]3[C@@H]2CC[C@]2(C)C(n4ccnc4)=CC[C@@H]32)C1. The van der Waals surface area contributed by atoms with Crippen LogP contribution >= 0.6 is 0 Å². The second-order valence-electron chi connectivity index (χ2n) is 10.4. The summed E-state index contributed by atoms with van der Waals surface area (Å²) in [5.41, 5.74) is 2.10. The first kappa shape index (κ1) is 19.2. The normalized spacial score (nSPS) is 41.6. The van der Waals surface area contributed by atoms with Crippen molar-refractivity contribution in [2.75, 3.05) is 20.2 Å². The minimum Gasteiger partial charge on any atom is -0.453 e. The number of amides is 1. The minimum atomic E-state index is -0.141. The van der Waals surface area contributed by atoms with Crippen LogP contribution in [0.25, 0.3) is 5.70 Å². The highest BCUT2D eigenvalue weighted by atomic mass is 16.5. The third-order valence-corrected chi connectivity index (χ3v) is 9.40. The number of allylic oxidation sites excluding steroid dienone is 2. The number of aromatic nitrogens is 2. The third kappa shape index (κ3) is 2.79. The summed E-state index contributed by atoms with van der Waals surface area (Å²) >= 11 is 0. The molecule has 29 heavy (non-hydrogen) atoms. The van der Waals surface area contributed by atoms with Gasteiger partial charge in [-0.2, -0.15) is 0 Å². The van der Waals surface area contributed by atoms with Gasteiger partial charge in [0.1, 0.15) is 0 Å². The summed E-state index contributed by atoms with van der Waals surface area (Å²) in [5.74, 6) is 2.94. The number of imidazole rings is 1. The van der Waals surface area contributed by atoms with E-state index in [4.69, 9.17) is 4.74 Å². The molecule has 1 saturated heterocycles. The Morgan fingerprint density at radius 3 is 2.83 bits per heavy atom. The number of rotatable bonds is 1. The molecule has 5 nitrogen and oxygen atoms in total. The van der Waals surface area contributed by atoms with Crippen LogP contribution < -0.4 is 0 Å². The Morgan fingerprint density at radius 2 is 2.07 bits per heavy atom. The number of hydrogen-bond donors (Lipinski definition) is 0. The molecule has 4 aliphatic rings. The highest BCUT2D eigenvalue weighted by Gasteiger charge is 2.58. The Bertz CT molecular complexity index is 803. The average Bonchev–Trinajstić information content (AvgIpc) is 3.31. The van der Waals surface area contributed by atoms with Gasteiger partial charge < -0.3 is 14.2 Å². The molecular formula is C24H35N3O2. The molecule has 5 rings (SSSR count). The summed E-state index contributed by atoms with van der Waals surface area (Å²) < 4.78 is 7.31. The molecule has 0 spiro atoms. The molecule has 0 N–H and O–H groups in total. The van der Waals surface area contributed by atoms with Crippen molar-refractivity contribution in [2.45, 2.75) is 58.8 Å². The molecule has 0 radical (unpaired) electrons. The fraction of sp³-hybridized carbons (Fsp3) is 0.750. The van der Waals surface area contributed by atoms with Crippen LogP contribution in [0.3, 0.4) is 0 Å². The highest BCUT2D eigenvalue weighted by molar-refractivity contribution is 5.67. The summed E-state index contributed by atoms with van der Waals surface area (Å²) in [6, 6.07) is 0. The predicted molar refractivity (Wildman–Crippen MR) is 113 cm³/mol. The van der Waals surface area contributed by atoms with E-state index in [1.807, 2.05) is 17.4 Å². The maximum absolute atomic E-state index is 12.2. The molecule has 1 amide bonds. The van der Waals surface area contributed by atoms with Crippen molar-refractivity contribution >= 4 is 11.8 Å². The van der Waals surface area contributed by atoms with Crippen LogP contribution in [-0.4, -0.2) is 40.7 Å². The molecular weight excluding hydrogens is 362 g/mol. The minimum absolute atomic E-state index is 0.141. The van der Waals surface area contributed by atoms with Crippen molar-refractivity contribution in [3.05, 3.63) is 24.8 Å². The van der Waals surface area contributed by atoms with Crippen molar-refractivity contribution in [3.63, 3.8) is 0 Å². The van der Waals surface area contributed by atoms with Crippen molar-refractivity contribution in [1.82, 2.24) is 14.5 Å². The molecule has 2 heterocycles. The van der Waals surface area contributed by atoms with Gasteiger partial charge in [0.05, 0.1) is 13.4 Å². The number of carbonyl (C=O) groups is 1. The zero-order chi connectivity index (χ0) is 20.2. The predicted octanol–water partition coefficient (Wildman–Crippen LogP) is 5.05. The van der Waals surface area contributed by atoms with Gasteiger partial charge in [-0.15, -0.1) is 0 Å². The van der Waals surface area contributed by atoms with Gasteiger partial charge >= 0.3 is 6.09 Å². The molecule has 0 unspecified atom stereocenters. The van der Waals surface area contributed by atoms with Crippen molar-refractivity contribution in [1.29, 1.82) is 0 Å². The largest absolute Gasteiger partial charge is 0.453 e. The zero-order valence-corrected chi connectivity index (χ0v) is 18.1. The van der Waals surface area contributed by atoms with Gasteiger partial charge in [0.15, 0.2) is 0 Å². The van der Waals surface area contributed by atoms with Gasteiger partial charge in [-0.25, -0.2) is 9.78 Å². The first-order valence-corrected chi connectivity index (χ1v) is 11.5. The van der Waals surface area contributed by atoms with Gasteiger partial charge in [0.25, 0.3) is 0 Å². The van der Waals surface area contributed by atoms with Crippen molar-refractivity contribution in [2.24, 2.45) is 34.5 Å². The van der Waals surface area contributed by atoms with E-state index in [2.05, 4.69) is 35.7 Å². The Kier molecular flexibility index (Phi) is 4.56. The molecule has 158 valence electrons. The summed E-state index contributed by atoms with van der Waals surface area (Å²) in [6.07, 6.45) is 17.0. The molecule has 1 aliphatic heterocycles. The number of methoxy groups -OCH3 is 1.